The number of rotatable bonds is 2. The van der Waals surface area contributed by atoms with Crippen LogP contribution in [0.25, 0.3) is 0 Å². The molecule has 1 saturated heterocycles. The quantitative estimate of drug-likeness (QED) is 0.708. The molecule has 0 aromatic heterocycles. The monoisotopic (exact) mass is 284 g/mol. The fourth-order valence-electron chi connectivity index (χ4n) is 1.74. The summed E-state index contributed by atoms with van der Waals surface area (Å²) in [6.07, 6.45) is 0. The van der Waals surface area contributed by atoms with Gasteiger partial charge in [0.05, 0.1) is 11.4 Å². The van der Waals surface area contributed by atoms with Crippen LogP contribution in [0.5, 0.6) is 5.75 Å². The summed E-state index contributed by atoms with van der Waals surface area (Å²) in [6, 6.07) is 3.92. The van der Waals surface area contributed by atoms with Crippen molar-refractivity contribution >= 4 is 21.8 Å². The second-order valence-electron chi connectivity index (χ2n) is 4.13. The molecule has 2 rings (SSSR count). The zero-order valence-electron chi connectivity index (χ0n) is 10.0. The van der Waals surface area contributed by atoms with Crippen molar-refractivity contribution in [2.75, 3.05) is 6.54 Å². The largest absolute Gasteiger partial charge is 0.508 e. The van der Waals surface area contributed by atoms with Gasteiger partial charge in [0, 0.05) is 0 Å². The Balaban J connectivity index is 2.41. The van der Waals surface area contributed by atoms with Crippen molar-refractivity contribution in [3.8, 4) is 5.75 Å². The highest BCUT2D eigenvalue weighted by Crippen LogP contribution is 2.21. The average molecular weight is 284 g/mol. The SMILES string of the molecule is CC1C(=O)NC(=O)CN1S(=O)(=O)c1ccc(O)cc1. The van der Waals surface area contributed by atoms with Gasteiger partial charge in [0.1, 0.15) is 11.8 Å². The van der Waals surface area contributed by atoms with Gasteiger partial charge in [-0.3, -0.25) is 14.9 Å². The maximum atomic E-state index is 12.3. The summed E-state index contributed by atoms with van der Waals surface area (Å²) in [4.78, 5) is 22.7. The van der Waals surface area contributed by atoms with Gasteiger partial charge < -0.3 is 5.11 Å². The van der Waals surface area contributed by atoms with Crippen LogP contribution >= 0.6 is 0 Å². The molecule has 1 aromatic rings. The van der Waals surface area contributed by atoms with Gasteiger partial charge >= 0.3 is 0 Å². The van der Waals surface area contributed by atoms with Crippen molar-refractivity contribution in [2.45, 2.75) is 17.9 Å². The second kappa shape index (κ2) is 4.63. The summed E-state index contributed by atoms with van der Waals surface area (Å²) in [7, 11) is -3.95. The van der Waals surface area contributed by atoms with E-state index in [1.165, 1.54) is 31.2 Å². The first-order chi connectivity index (χ1) is 8.82. The van der Waals surface area contributed by atoms with Crippen LogP contribution in [0, 0.1) is 0 Å². The van der Waals surface area contributed by atoms with Crippen molar-refractivity contribution in [2.24, 2.45) is 0 Å². The maximum absolute atomic E-state index is 12.3. The highest BCUT2D eigenvalue weighted by Gasteiger charge is 2.38. The normalized spacial score (nSPS) is 21.2. The number of nitrogens with one attached hydrogen (secondary N) is 1. The molecule has 1 aliphatic heterocycles. The molecule has 1 heterocycles. The summed E-state index contributed by atoms with van der Waals surface area (Å²) in [6.45, 7) is 0.996. The van der Waals surface area contributed by atoms with E-state index in [1.807, 2.05) is 0 Å². The lowest BCUT2D eigenvalue weighted by atomic mass is 10.2. The molecule has 0 spiro atoms. The van der Waals surface area contributed by atoms with E-state index in [1.54, 1.807) is 0 Å². The van der Waals surface area contributed by atoms with Crippen LogP contribution in [0.15, 0.2) is 29.2 Å². The van der Waals surface area contributed by atoms with E-state index >= 15 is 0 Å². The van der Waals surface area contributed by atoms with E-state index in [-0.39, 0.29) is 10.6 Å². The molecule has 8 heteroatoms. The Morgan fingerprint density at radius 1 is 1.26 bits per heavy atom. The minimum absolute atomic E-state index is 0.0699. The average Bonchev–Trinajstić information content (AvgIpc) is 2.34. The summed E-state index contributed by atoms with van der Waals surface area (Å²) in [5.74, 6) is -1.39. The predicted octanol–water partition coefficient (Wildman–Crippen LogP) is -0.572. The van der Waals surface area contributed by atoms with Crippen LogP contribution in [-0.4, -0.2) is 42.2 Å². The molecule has 0 radical (unpaired) electrons. The number of benzene rings is 1. The van der Waals surface area contributed by atoms with Gasteiger partial charge in [-0.15, -0.1) is 0 Å². The molecule has 2 amide bonds. The highest BCUT2D eigenvalue weighted by molar-refractivity contribution is 7.89. The molecule has 0 bridgehead atoms. The van der Waals surface area contributed by atoms with Crippen molar-refractivity contribution in [3.05, 3.63) is 24.3 Å². The Morgan fingerprint density at radius 3 is 2.42 bits per heavy atom. The first-order valence-electron chi connectivity index (χ1n) is 5.47. The van der Waals surface area contributed by atoms with Crippen LogP contribution in [0.2, 0.25) is 0 Å². The van der Waals surface area contributed by atoms with Gasteiger partial charge in [-0.25, -0.2) is 8.42 Å². The number of carbonyl (C=O) groups is 2. The topological polar surface area (TPSA) is 104 Å². The van der Waals surface area contributed by atoms with Crippen LogP contribution in [-0.2, 0) is 19.6 Å². The molecule has 19 heavy (non-hydrogen) atoms. The summed E-state index contributed by atoms with van der Waals surface area (Å²) < 4.78 is 25.5. The number of phenolic OH excluding ortho intramolecular Hbond substituents is 1. The molecule has 0 aliphatic carbocycles. The van der Waals surface area contributed by atoms with Crippen molar-refractivity contribution in [1.82, 2.24) is 9.62 Å². The summed E-state index contributed by atoms with van der Waals surface area (Å²) >= 11 is 0. The van der Waals surface area contributed by atoms with Crippen molar-refractivity contribution < 1.29 is 23.1 Å². The highest BCUT2D eigenvalue weighted by atomic mass is 32.2. The zero-order valence-corrected chi connectivity index (χ0v) is 10.8. The van der Waals surface area contributed by atoms with Gasteiger partial charge in [-0.05, 0) is 31.2 Å². The Kier molecular flexibility index (Phi) is 3.29. The van der Waals surface area contributed by atoms with E-state index in [9.17, 15) is 18.0 Å². The first kappa shape index (κ1) is 13.5. The second-order valence-corrected chi connectivity index (χ2v) is 6.02. The number of hydrogen-bond acceptors (Lipinski definition) is 5. The van der Waals surface area contributed by atoms with E-state index in [0.29, 0.717) is 0 Å². The maximum Gasteiger partial charge on any atom is 0.244 e. The fourth-order valence-corrected chi connectivity index (χ4v) is 3.29. The van der Waals surface area contributed by atoms with Crippen molar-refractivity contribution in [3.63, 3.8) is 0 Å². The van der Waals surface area contributed by atoms with E-state index in [4.69, 9.17) is 5.11 Å². The van der Waals surface area contributed by atoms with Gasteiger partial charge in [-0.1, -0.05) is 0 Å². The van der Waals surface area contributed by atoms with E-state index < -0.39 is 34.4 Å². The summed E-state index contributed by atoms with van der Waals surface area (Å²) in [5, 5.41) is 11.2. The lowest BCUT2D eigenvalue weighted by molar-refractivity contribution is -0.136. The predicted molar refractivity (Wildman–Crippen MR) is 64.6 cm³/mol. The number of piperazine rings is 1. The van der Waals surface area contributed by atoms with Gasteiger partial charge in [0.2, 0.25) is 21.8 Å². The van der Waals surface area contributed by atoms with Crippen LogP contribution in [0.3, 0.4) is 0 Å². The number of imide groups is 1. The van der Waals surface area contributed by atoms with Gasteiger partial charge in [0.15, 0.2) is 0 Å². The number of carbonyl (C=O) groups excluding carboxylic acids is 2. The Morgan fingerprint density at radius 2 is 1.84 bits per heavy atom. The molecule has 1 fully saturated rings. The van der Waals surface area contributed by atoms with Crippen LogP contribution in [0.4, 0.5) is 0 Å². The number of sulfonamides is 1. The Hall–Kier alpha value is -1.93. The molecular formula is C11H12N2O5S. The third kappa shape index (κ3) is 2.45. The number of phenols is 1. The van der Waals surface area contributed by atoms with Gasteiger partial charge in [0.25, 0.3) is 0 Å². The molecule has 1 unspecified atom stereocenters. The number of hydrogen-bond donors (Lipinski definition) is 2. The van der Waals surface area contributed by atoms with Gasteiger partial charge in [-0.2, -0.15) is 4.31 Å². The minimum atomic E-state index is -3.95. The summed E-state index contributed by atoms with van der Waals surface area (Å²) in [5.41, 5.74) is 0. The lowest BCUT2D eigenvalue weighted by Crippen LogP contribution is -2.58. The molecular weight excluding hydrogens is 272 g/mol. The molecule has 1 aromatic carbocycles. The Labute approximate surface area is 109 Å². The molecule has 1 atom stereocenters. The van der Waals surface area contributed by atoms with E-state index in [2.05, 4.69) is 5.32 Å². The fraction of sp³-hybridized carbons (Fsp3) is 0.273. The number of amides is 2. The molecule has 7 nitrogen and oxygen atoms in total. The molecule has 2 N–H and O–H groups in total. The van der Waals surface area contributed by atoms with Crippen LogP contribution in [0.1, 0.15) is 6.92 Å². The number of nitrogens with zero attached hydrogens (tertiary/aromatic N) is 1. The van der Waals surface area contributed by atoms with Crippen molar-refractivity contribution in [1.29, 1.82) is 0 Å². The lowest BCUT2D eigenvalue weighted by Gasteiger charge is -2.30. The Bertz CT molecular complexity index is 623. The molecule has 1 aliphatic rings. The molecule has 0 saturated carbocycles. The zero-order chi connectivity index (χ0) is 14.2. The third-order valence-electron chi connectivity index (χ3n) is 2.82. The molecule has 102 valence electrons. The first-order valence-corrected chi connectivity index (χ1v) is 6.91. The minimum Gasteiger partial charge on any atom is -0.508 e. The van der Waals surface area contributed by atoms with E-state index in [0.717, 1.165) is 4.31 Å². The standard InChI is InChI=1S/C11H12N2O5S/c1-7-11(16)12-10(15)6-13(7)19(17,18)9-4-2-8(14)3-5-9/h2-5,7,14H,6H2,1H3,(H,12,15,16). The smallest absolute Gasteiger partial charge is 0.244 e. The third-order valence-corrected chi connectivity index (χ3v) is 4.75. The number of aromatic hydroxyl groups is 1. The van der Waals surface area contributed by atoms with Crippen LogP contribution < -0.4 is 5.32 Å².